The van der Waals surface area contributed by atoms with E-state index in [1.165, 1.54) is 11.6 Å². The van der Waals surface area contributed by atoms with Crippen molar-refractivity contribution in [3.05, 3.63) is 26.7 Å². The van der Waals surface area contributed by atoms with Gasteiger partial charge in [-0.05, 0) is 26.3 Å². The molecule has 122 valence electrons. The summed E-state index contributed by atoms with van der Waals surface area (Å²) in [5.74, 6) is 0.822. The highest BCUT2D eigenvalue weighted by molar-refractivity contribution is 5.71. The molecule has 0 aliphatic heterocycles. The SMILES string of the molecule is CCc1nc2c(c(=O)n(C)c(=O)n2C(C)CC)n1CCCN. The lowest BCUT2D eigenvalue weighted by atomic mass is 10.2. The topological polar surface area (TPSA) is 87.8 Å². The van der Waals surface area contributed by atoms with Crippen LogP contribution >= 0.6 is 0 Å². The van der Waals surface area contributed by atoms with Crippen LogP contribution in [-0.4, -0.2) is 25.2 Å². The van der Waals surface area contributed by atoms with Gasteiger partial charge in [-0.1, -0.05) is 13.8 Å². The largest absolute Gasteiger partial charge is 0.332 e. The average Bonchev–Trinajstić information content (AvgIpc) is 2.88. The summed E-state index contributed by atoms with van der Waals surface area (Å²) < 4.78 is 4.73. The van der Waals surface area contributed by atoms with Crippen molar-refractivity contribution in [2.45, 2.75) is 52.6 Å². The number of fused-ring (bicyclic) bond motifs is 1. The minimum atomic E-state index is -0.307. The molecule has 1 unspecified atom stereocenters. The van der Waals surface area contributed by atoms with Crippen molar-refractivity contribution in [2.24, 2.45) is 12.8 Å². The molecule has 0 aromatic carbocycles. The van der Waals surface area contributed by atoms with Crippen LogP contribution in [0.1, 0.15) is 45.5 Å². The Labute approximate surface area is 129 Å². The molecular formula is C15H25N5O2. The van der Waals surface area contributed by atoms with Crippen molar-refractivity contribution in [3.8, 4) is 0 Å². The molecule has 0 spiro atoms. The molecule has 2 N–H and O–H groups in total. The van der Waals surface area contributed by atoms with Gasteiger partial charge < -0.3 is 10.3 Å². The van der Waals surface area contributed by atoms with Gasteiger partial charge in [-0.25, -0.2) is 9.78 Å². The van der Waals surface area contributed by atoms with E-state index < -0.39 is 0 Å². The molecule has 0 amide bonds. The van der Waals surface area contributed by atoms with E-state index in [4.69, 9.17) is 5.73 Å². The van der Waals surface area contributed by atoms with E-state index in [0.29, 0.717) is 30.7 Å². The quantitative estimate of drug-likeness (QED) is 0.854. The van der Waals surface area contributed by atoms with Crippen LogP contribution in [0.15, 0.2) is 9.59 Å². The number of imidazole rings is 1. The van der Waals surface area contributed by atoms with Gasteiger partial charge in [0, 0.05) is 26.1 Å². The summed E-state index contributed by atoms with van der Waals surface area (Å²) in [4.78, 5) is 29.7. The molecule has 0 radical (unpaired) electrons. The second-order valence-electron chi connectivity index (χ2n) is 5.62. The summed E-state index contributed by atoms with van der Waals surface area (Å²) in [7, 11) is 1.52. The Kier molecular flexibility index (Phi) is 4.85. The van der Waals surface area contributed by atoms with Crippen LogP contribution in [0.2, 0.25) is 0 Å². The van der Waals surface area contributed by atoms with E-state index in [9.17, 15) is 9.59 Å². The summed E-state index contributed by atoms with van der Waals surface area (Å²) in [6, 6.07) is -0.00985. The molecule has 0 aliphatic carbocycles. The predicted molar refractivity (Wildman–Crippen MR) is 87.3 cm³/mol. The van der Waals surface area contributed by atoms with Crippen LogP contribution in [0.4, 0.5) is 0 Å². The number of aryl methyl sites for hydroxylation is 2. The molecule has 2 aromatic heterocycles. The molecule has 7 nitrogen and oxygen atoms in total. The monoisotopic (exact) mass is 307 g/mol. The Morgan fingerprint density at radius 2 is 1.95 bits per heavy atom. The summed E-state index contributed by atoms with van der Waals surface area (Å²) in [5, 5.41) is 0. The van der Waals surface area contributed by atoms with Gasteiger partial charge in [-0.2, -0.15) is 0 Å². The first-order chi connectivity index (χ1) is 10.5. The van der Waals surface area contributed by atoms with Gasteiger partial charge in [0.05, 0.1) is 0 Å². The van der Waals surface area contributed by atoms with Gasteiger partial charge in [-0.15, -0.1) is 0 Å². The van der Waals surface area contributed by atoms with Crippen molar-refractivity contribution >= 4 is 11.2 Å². The highest BCUT2D eigenvalue weighted by atomic mass is 16.2. The lowest BCUT2D eigenvalue weighted by molar-refractivity contribution is 0.499. The fourth-order valence-corrected chi connectivity index (χ4v) is 2.70. The van der Waals surface area contributed by atoms with Gasteiger partial charge in [-0.3, -0.25) is 13.9 Å². The van der Waals surface area contributed by atoms with E-state index in [1.807, 2.05) is 25.3 Å². The first-order valence-corrected chi connectivity index (χ1v) is 7.88. The smallest absolute Gasteiger partial charge is 0.330 e. The zero-order valence-electron chi connectivity index (χ0n) is 13.8. The van der Waals surface area contributed by atoms with Gasteiger partial charge >= 0.3 is 5.69 Å². The summed E-state index contributed by atoms with van der Waals surface area (Å²) >= 11 is 0. The third-order valence-electron chi connectivity index (χ3n) is 4.19. The Morgan fingerprint density at radius 1 is 1.27 bits per heavy atom. The minimum Gasteiger partial charge on any atom is -0.330 e. The molecule has 0 aliphatic rings. The Hall–Kier alpha value is -1.89. The van der Waals surface area contributed by atoms with E-state index in [-0.39, 0.29) is 17.3 Å². The maximum absolute atomic E-state index is 12.6. The number of aromatic nitrogens is 4. The van der Waals surface area contributed by atoms with E-state index >= 15 is 0 Å². The fraction of sp³-hybridized carbons (Fsp3) is 0.667. The van der Waals surface area contributed by atoms with Crippen molar-refractivity contribution in [1.82, 2.24) is 18.7 Å². The first kappa shape index (κ1) is 16.5. The Balaban J connectivity index is 2.90. The molecule has 0 bridgehead atoms. The average molecular weight is 307 g/mol. The van der Waals surface area contributed by atoms with Crippen molar-refractivity contribution in [2.75, 3.05) is 6.54 Å². The van der Waals surface area contributed by atoms with E-state index in [0.717, 1.165) is 18.7 Å². The number of nitrogens with zero attached hydrogens (tertiary/aromatic N) is 4. The van der Waals surface area contributed by atoms with Crippen LogP contribution in [0, 0.1) is 0 Å². The number of hydrogen-bond donors (Lipinski definition) is 1. The molecule has 0 fully saturated rings. The summed E-state index contributed by atoms with van der Waals surface area (Å²) in [6.45, 7) is 7.17. The summed E-state index contributed by atoms with van der Waals surface area (Å²) in [5.41, 5.74) is 6.01. The second kappa shape index (κ2) is 6.48. The van der Waals surface area contributed by atoms with Gasteiger partial charge in [0.2, 0.25) is 0 Å². The van der Waals surface area contributed by atoms with E-state index in [2.05, 4.69) is 4.98 Å². The molecule has 0 saturated heterocycles. The predicted octanol–water partition coefficient (Wildman–Crippen LogP) is 0.779. The first-order valence-electron chi connectivity index (χ1n) is 7.88. The van der Waals surface area contributed by atoms with Gasteiger partial charge in [0.25, 0.3) is 5.56 Å². The lowest BCUT2D eigenvalue weighted by Crippen LogP contribution is -2.39. The highest BCUT2D eigenvalue weighted by Gasteiger charge is 2.21. The maximum atomic E-state index is 12.6. The Morgan fingerprint density at radius 3 is 2.50 bits per heavy atom. The van der Waals surface area contributed by atoms with Crippen LogP contribution in [-0.2, 0) is 20.0 Å². The molecule has 2 rings (SSSR count). The third-order valence-corrected chi connectivity index (χ3v) is 4.19. The third kappa shape index (κ3) is 2.49. The molecular weight excluding hydrogens is 282 g/mol. The number of nitrogens with two attached hydrogens (primary N) is 1. The van der Waals surface area contributed by atoms with Crippen LogP contribution in [0.5, 0.6) is 0 Å². The van der Waals surface area contributed by atoms with Crippen molar-refractivity contribution in [1.29, 1.82) is 0 Å². The maximum Gasteiger partial charge on any atom is 0.332 e. The van der Waals surface area contributed by atoms with Gasteiger partial charge in [0.15, 0.2) is 11.2 Å². The standard InChI is InChI=1S/C15H25N5O2/c1-5-10(3)20-13-12(14(21)18(4)15(20)22)19(9-7-8-16)11(6-2)17-13/h10H,5-9,16H2,1-4H3. The van der Waals surface area contributed by atoms with Gasteiger partial charge in [0.1, 0.15) is 5.82 Å². The molecule has 0 saturated carbocycles. The number of hydrogen-bond acceptors (Lipinski definition) is 4. The zero-order valence-corrected chi connectivity index (χ0v) is 13.8. The Bertz CT molecular complexity index is 784. The molecule has 22 heavy (non-hydrogen) atoms. The van der Waals surface area contributed by atoms with Crippen LogP contribution in [0.3, 0.4) is 0 Å². The molecule has 1 atom stereocenters. The van der Waals surface area contributed by atoms with Crippen molar-refractivity contribution < 1.29 is 0 Å². The second-order valence-corrected chi connectivity index (χ2v) is 5.62. The zero-order chi connectivity index (χ0) is 16.4. The summed E-state index contributed by atoms with van der Waals surface area (Å²) in [6.07, 6.45) is 2.27. The molecule has 2 aromatic rings. The normalized spacial score (nSPS) is 13.0. The lowest BCUT2D eigenvalue weighted by Gasteiger charge is -2.15. The van der Waals surface area contributed by atoms with Crippen molar-refractivity contribution in [3.63, 3.8) is 0 Å². The highest BCUT2D eigenvalue weighted by Crippen LogP contribution is 2.17. The van der Waals surface area contributed by atoms with Crippen LogP contribution < -0.4 is 17.0 Å². The van der Waals surface area contributed by atoms with E-state index in [1.54, 1.807) is 4.57 Å². The fourth-order valence-electron chi connectivity index (χ4n) is 2.70. The minimum absolute atomic E-state index is 0.00985. The molecule has 7 heteroatoms. The molecule has 2 heterocycles. The number of rotatable bonds is 6. The van der Waals surface area contributed by atoms with Crippen LogP contribution in [0.25, 0.3) is 11.2 Å².